The third-order valence-corrected chi connectivity index (χ3v) is 2.15. The van der Waals surface area contributed by atoms with Crippen LogP contribution >= 0.6 is 11.3 Å². The van der Waals surface area contributed by atoms with Crippen molar-refractivity contribution in [2.75, 3.05) is 5.73 Å². The van der Waals surface area contributed by atoms with Gasteiger partial charge in [-0.2, -0.15) is 11.3 Å². The van der Waals surface area contributed by atoms with E-state index in [9.17, 15) is 0 Å². The molecule has 2 heterocycles. The molecule has 4 heteroatoms. The number of rotatable bonds is 1. The average Bonchev–Trinajstić information content (AvgIpc) is 2.56. The Morgan fingerprint density at radius 2 is 2.25 bits per heavy atom. The average molecular weight is 177 g/mol. The van der Waals surface area contributed by atoms with Crippen molar-refractivity contribution in [2.45, 2.75) is 0 Å². The molecule has 12 heavy (non-hydrogen) atoms. The van der Waals surface area contributed by atoms with Crippen molar-refractivity contribution in [3.63, 3.8) is 0 Å². The highest BCUT2D eigenvalue weighted by molar-refractivity contribution is 7.08. The molecule has 2 N–H and O–H groups in total. The Kier molecular flexibility index (Phi) is 1.75. The molecule has 0 atom stereocenters. The van der Waals surface area contributed by atoms with E-state index in [1.807, 2.05) is 16.8 Å². The SMILES string of the molecule is Nc1cncc(-c2ccsc2)n1. The predicted octanol–water partition coefficient (Wildman–Crippen LogP) is 1.79. The first kappa shape index (κ1) is 7.24. The highest BCUT2D eigenvalue weighted by Crippen LogP contribution is 2.19. The lowest BCUT2D eigenvalue weighted by Crippen LogP contribution is -1.92. The van der Waals surface area contributed by atoms with E-state index in [1.165, 1.54) is 6.20 Å². The second-order valence-electron chi connectivity index (χ2n) is 2.34. The monoisotopic (exact) mass is 177 g/mol. The maximum atomic E-state index is 5.49. The third-order valence-electron chi connectivity index (χ3n) is 1.47. The molecule has 0 bridgehead atoms. The summed E-state index contributed by atoms with van der Waals surface area (Å²) in [7, 11) is 0. The molecule has 0 saturated carbocycles. The molecular weight excluding hydrogens is 170 g/mol. The molecule has 2 aromatic rings. The van der Waals surface area contributed by atoms with Crippen molar-refractivity contribution < 1.29 is 0 Å². The van der Waals surface area contributed by atoms with E-state index >= 15 is 0 Å². The summed E-state index contributed by atoms with van der Waals surface area (Å²) in [6, 6.07) is 1.99. The standard InChI is InChI=1S/C8H7N3S/c9-8-4-10-3-7(11-8)6-1-2-12-5-6/h1-5H,(H2,9,11). The van der Waals surface area contributed by atoms with Gasteiger partial charge in [-0.25, -0.2) is 4.98 Å². The van der Waals surface area contributed by atoms with Crippen molar-refractivity contribution in [1.29, 1.82) is 0 Å². The number of aromatic nitrogens is 2. The summed E-state index contributed by atoms with van der Waals surface area (Å²) in [5.41, 5.74) is 7.39. The van der Waals surface area contributed by atoms with Gasteiger partial charge in [0, 0.05) is 10.9 Å². The van der Waals surface area contributed by atoms with Crippen LogP contribution in [0, 0.1) is 0 Å². The van der Waals surface area contributed by atoms with Crippen LogP contribution in [0.5, 0.6) is 0 Å². The maximum absolute atomic E-state index is 5.49. The summed E-state index contributed by atoms with van der Waals surface area (Å²) >= 11 is 1.63. The molecule has 0 unspecified atom stereocenters. The Bertz CT molecular complexity index is 370. The zero-order valence-corrected chi connectivity index (χ0v) is 7.08. The minimum absolute atomic E-state index is 0.457. The molecule has 60 valence electrons. The van der Waals surface area contributed by atoms with Crippen molar-refractivity contribution >= 4 is 17.2 Å². The minimum atomic E-state index is 0.457. The zero-order valence-electron chi connectivity index (χ0n) is 6.27. The first-order valence-corrected chi connectivity index (χ1v) is 4.40. The molecule has 0 aliphatic rings. The van der Waals surface area contributed by atoms with Gasteiger partial charge in [-0.05, 0) is 11.4 Å². The number of nitrogen functional groups attached to an aromatic ring is 1. The van der Waals surface area contributed by atoms with Crippen molar-refractivity contribution in [1.82, 2.24) is 9.97 Å². The summed E-state index contributed by atoms with van der Waals surface area (Å²) < 4.78 is 0. The molecule has 0 aliphatic heterocycles. The van der Waals surface area contributed by atoms with Crippen molar-refractivity contribution in [2.24, 2.45) is 0 Å². The lowest BCUT2D eigenvalue weighted by molar-refractivity contribution is 1.22. The first-order valence-electron chi connectivity index (χ1n) is 3.46. The normalized spacial score (nSPS) is 10.0. The fourth-order valence-electron chi connectivity index (χ4n) is 0.930. The summed E-state index contributed by atoms with van der Waals surface area (Å²) in [5, 5.41) is 4.02. The molecule has 2 aromatic heterocycles. The molecular formula is C8H7N3S. The van der Waals surface area contributed by atoms with Gasteiger partial charge in [-0.1, -0.05) is 0 Å². The number of nitrogens with zero attached hydrogens (tertiary/aromatic N) is 2. The van der Waals surface area contributed by atoms with Crippen LogP contribution in [-0.2, 0) is 0 Å². The molecule has 0 radical (unpaired) electrons. The second-order valence-corrected chi connectivity index (χ2v) is 3.12. The number of hydrogen-bond donors (Lipinski definition) is 1. The van der Waals surface area contributed by atoms with Gasteiger partial charge < -0.3 is 5.73 Å². The predicted molar refractivity (Wildman–Crippen MR) is 49.8 cm³/mol. The van der Waals surface area contributed by atoms with E-state index in [0.29, 0.717) is 5.82 Å². The second kappa shape index (κ2) is 2.91. The molecule has 0 aliphatic carbocycles. The molecule has 0 fully saturated rings. The Morgan fingerprint density at radius 1 is 1.33 bits per heavy atom. The Hall–Kier alpha value is -1.42. The van der Waals surface area contributed by atoms with Gasteiger partial charge in [0.15, 0.2) is 0 Å². The molecule has 0 spiro atoms. The van der Waals surface area contributed by atoms with Gasteiger partial charge in [0.05, 0.1) is 18.1 Å². The van der Waals surface area contributed by atoms with Crippen LogP contribution in [-0.4, -0.2) is 9.97 Å². The van der Waals surface area contributed by atoms with Crippen LogP contribution in [0.4, 0.5) is 5.82 Å². The van der Waals surface area contributed by atoms with E-state index < -0.39 is 0 Å². The maximum Gasteiger partial charge on any atom is 0.142 e. The Labute approximate surface area is 73.9 Å². The Morgan fingerprint density at radius 3 is 2.92 bits per heavy atom. The molecule has 0 saturated heterocycles. The molecule has 0 aromatic carbocycles. The topological polar surface area (TPSA) is 51.8 Å². The lowest BCUT2D eigenvalue weighted by Gasteiger charge is -1.95. The van der Waals surface area contributed by atoms with Gasteiger partial charge >= 0.3 is 0 Å². The highest BCUT2D eigenvalue weighted by atomic mass is 32.1. The van der Waals surface area contributed by atoms with E-state index in [2.05, 4.69) is 9.97 Å². The van der Waals surface area contributed by atoms with Gasteiger partial charge in [0.2, 0.25) is 0 Å². The van der Waals surface area contributed by atoms with Crippen LogP contribution in [0.3, 0.4) is 0 Å². The highest BCUT2D eigenvalue weighted by Gasteiger charge is 1.99. The molecule has 3 nitrogen and oxygen atoms in total. The summed E-state index contributed by atoms with van der Waals surface area (Å²) in [5.74, 6) is 0.457. The van der Waals surface area contributed by atoms with E-state index in [0.717, 1.165) is 11.3 Å². The minimum Gasteiger partial charge on any atom is -0.382 e. The fraction of sp³-hybridized carbons (Fsp3) is 0. The van der Waals surface area contributed by atoms with E-state index in [1.54, 1.807) is 17.5 Å². The molecule has 2 rings (SSSR count). The van der Waals surface area contributed by atoms with E-state index in [4.69, 9.17) is 5.73 Å². The summed E-state index contributed by atoms with van der Waals surface area (Å²) in [6.45, 7) is 0. The van der Waals surface area contributed by atoms with Crippen LogP contribution in [0.25, 0.3) is 11.3 Å². The quantitative estimate of drug-likeness (QED) is 0.722. The van der Waals surface area contributed by atoms with Crippen molar-refractivity contribution in [3.8, 4) is 11.3 Å². The third kappa shape index (κ3) is 1.29. The largest absolute Gasteiger partial charge is 0.382 e. The fourth-order valence-corrected chi connectivity index (χ4v) is 1.58. The van der Waals surface area contributed by atoms with Gasteiger partial charge in [0.25, 0.3) is 0 Å². The zero-order chi connectivity index (χ0) is 8.39. The van der Waals surface area contributed by atoms with Gasteiger partial charge in [-0.3, -0.25) is 4.98 Å². The summed E-state index contributed by atoms with van der Waals surface area (Å²) in [4.78, 5) is 8.09. The lowest BCUT2D eigenvalue weighted by atomic mass is 10.2. The number of nitrogens with two attached hydrogens (primary N) is 1. The van der Waals surface area contributed by atoms with Crippen LogP contribution in [0.1, 0.15) is 0 Å². The number of thiophene rings is 1. The first-order chi connectivity index (χ1) is 5.86. The number of hydrogen-bond acceptors (Lipinski definition) is 4. The van der Waals surface area contributed by atoms with Crippen LogP contribution in [0.2, 0.25) is 0 Å². The smallest absolute Gasteiger partial charge is 0.142 e. The van der Waals surface area contributed by atoms with Gasteiger partial charge in [0.1, 0.15) is 5.82 Å². The Balaban J connectivity index is 2.48. The summed E-state index contributed by atoms with van der Waals surface area (Å²) in [6.07, 6.45) is 3.24. The number of anilines is 1. The molecule has 0 amide bonds. The van der Waals surface area contributed by atoms with Crippen LogP contribution in [0.15, 0.2) is 29.2 Å². The van der Waals surface area contributed by atoms with Gasteiger partial charge in [-0.15, -0.1) is 0 Å². The van der Waals surface area contributed by atoms with Crippen molar-refractivity contribution in [3.05, 3.63) is 29.2 Å². The van der Waals surface area contributed by atoms with Crippen LogP contribution < -0.4 is 5.73 Å². The van der Waals surface area contributed by atoms with E-state index in [-0.39, 0.29) is 0 Å².